The van der Waals surface area contributed by atoms with Crippen molar-refractivity contribution in [3.8, 4) is 0 Å². The van der Waals surface area contributed by atoms with Gasteiger partial charge in [0.15, 0.2) is 9.84 Å². The van der Waals surface area contributed by atoms with Gasteiger partial charge in [0.05, 0.1) is 11.5 Å². The van der Waals surface area contributed by atoms with Crippen LogP contribution in [0.2, 0.25) is 0 Å². The molecule has 1 N–H and O–H groups in total. The molecule has 3 aliphatic rings. The lowest BCUT2D eigenvalue weighted by Crippen LogP contribution is -2.38. The van der Waals surface area contributed by atoms with Crippen LogP contribution < -0.4 is 5.32 Å². The molecule has 102 valence electrons. The van der Waals surface area contributed by atoms with Crippen LogP contribution in [-0.2, 0) is 9.84 Å². The van der Waals surface area contributed by atoms with Gasteiger partial charge in [-0.15, -0.1) is 0 Å². The smallest absolute Gasteiger partial charge is 0.150 e. The van der Waals surface area contributed by atoms with E-state index in [9.17, 15) is 8.42 Å². The summed E-state index contributed by atoms with van der Waals surface area (Å²) in [5.74, 6) is 3.47. The Hall–Kier alpha value is -0.350. The quantitative estimate of drug-likeness (QED) is 0.789. The maximum absolute atomic E-state index is 11.4. The van der Waals surface area contributed by atoms with E-state index >= 15 is 0 Å². The molecule has 1 heterocycles. The largest absolute Gasteiger partial charge is 0.314 e. The van der Waals surface area contributed by atoms with Gasteiger partial charge in [0, 0.05) is 6.04 Å². The van der Waals surface area contributed by atoms with Crippen LogP contribution in [0.15, 0.2) is 12.2 Å². The highest BCUT2D eigenvalue weighted by atomic mass is 32.2. The SMILES string of the molecule is CC(NCC1CCS(=O)(=O)C1)C1CC2C=CC1C2. The fraction of sp³-hybridized carbons (Fsp3) is 0.857. The molecule has 2 bridgehead atoms. The maximum atomic E-state index is 11.4. The van der Waals surface area contributed by atoms with Gasteiger partial charge in [-0.3, -0.25) is 0 Å². The third kappa shape index (κ3) is 2.50. The summed E-state index contributed by atoms with van der Waals surface area (Å²) in [6, 6.07) is 0.522. The minimum Gasteiger partial charge on any atom is -0.314 e. The normalized spacial score (nSPS) is 42.5. The average Bonchev–Trinajstić information content (AvgIpc) is 3.00. The van der Waals surface area contributed by atoms with Gasteiger partial charge in [0.25, 0.3) is 0 Å². The van der Waals surface area contributed by atoms with Crippen LogP contribution >= 0.6 is 0 Å². The van der Waals surface area contributed by atoms with Crippen molar-refractivity contribution in [1.29, 1.82) is 0 Å². The minimum absolute atomic E-state index is 0.339. The molecule has 2 aliphatic carbocycles. The Bertz CT molecular complexity index is 443. The van der Waals surface area contributed by atoms with Crippen LogP contribution in [0.5, 0.6) is 0 Å². The van der Waals surface area contributed by atoms with E-state index in [1.54, 1.807) is 0 Å². The van der Waals surface area contributed by atoms with E-state index in [2.05, 4.69) is 24.4 Å². The number of hydrogen-bond acceptors (Lipinski definition) is 3. The van der Waals surface area contributed by atoms with Gasteiger partial charge in [-0.25, -0.2) is 8.42 Å². The van der Waals surface area contributed by atoms with Gasteiger partial charge >= 0.3 is 0 Å². The van der Waals surface area contributed by atoms with Crippen molar-refractivity contribution in [2.75, 3.05) is 18.1 Å². The summed E-state index contributed by atoms with van der Waals surface area (Å²) in [6.07, 6.45) is 8.26. The van der Waals surface area contributed by atoms with E-state index < -0.39 is 9.84 Å². The third-order valence-electron chi connectivity index (χ3n) is 5.03. The monoisotopic (exact) mass is 269 g/mol. The van der Waals surface area contributed by atoms with Crippen molar-refractivity contribution in [3.05, 3.63) is 12.2 Å². The lowest BCUT2D eigenvalue weighted by Gasteiger charge is -2.27. The summed E-state index contributed by atoms with van der Waals surface area (Å²) >= 11 is 0. The summed E-state index contributed by atoms with van der Waals surface area (Å²) in [4.78, 5) is 0. The summed E-state index contributed by atoms with van der Waals surface area (Å²) in [7, 11) is -2.72. The molecule has 0 spiro atoms. The molecule has 0 aromatic heterocycles. The molecule has 0 radical (unpaired) electrons. The Kier molecular flexibility index (Phi) is 3.27. The molecule has 5 unspecified atom stereocenters. The number of hydrogen-bond donors (Lipinski definition) is 1. The summed E-state index contributed by atoms with van der Waals surface area (Å²) in [6.45, 7) is 3.14. The van der Waals surface area contributed by atoms with Gasteiger partial charge in [0.1, 0.15) is 0 Å². The molecule has 1 aliphatic heterocycles. The number of sulfone groups is 1. The van der Waals surface area contributed by atoms with Gasteiger partial charge in [-0.2, -0.15) is 0 Å². The highest BCUT2D eigenvalue weighted by Crippen LogP contribution is 2.44. The summed E-state index contributed by atoms with van der Waals surface area (Å²) in [5, 5.41) is 3.59. The first kappa shape index (κ1) is 12.7. The third-order valence-corrected chi connectivity index (χ3v) is 6.86. The molecule has 3 rings (SSSR count). The van der Waals surface area contributed by atoms with Crippen LogP contribution in [0, 0.1) is 23.7 Å². The molecule has 3 nitrogen and oxygen atoms in total. The molecular weight excluding hydrogens is 246 g/mol. The molecule has 0 amide bonds. The van der Waals surface area contributed by atoms with Gasteiger partial charge in [-0.05, 0) is 56.4 Å². The predicted molar refractivity (Wildman–Crippen MR) is 73.1 cm³/mol. The molecule has 18 heavy (non-hydrogen) atoms. The number of allylic oxidation sites excluding steroid dienone is 2. The molecule has 0 aromatic carbocycles. The molecular formula is C14H23NO2S. The minimum atomic E-state index is -2.72. The summed E-state index contributed by atoms with van der Waals surface area (Å²) < 4.78 is 22.8. The lowest BCUT2D eigenvalue weighted by atomic mass is 9.87. The van der Waals surface area contributed by atoms with Crippen LogP contribution in [-0.4, -0.2) is 32.5 Å². The Morgan fingerprint density at radius 3 is 2.72 bits per heavy atom. The first-order valence-electron chi connectivity index (χ1n) is 7.15. The first-order chi connectivity index (χ1) is 8.53. The Labute approximate surface area is 110 Å². The molecule has 2 fully saturated rings. The molecule has 1 saturated carbocycles. The average molecular weight is 269 g/mol. The lowest BCUT2D eigenvalue weighted by molar-refractivity contribution is 0.315. The number of rotatable bonds is 4. The number of nitrogens with one attached hydrogen (secondary N) is 1. The highest BCUT2D eigenvalue weighted by Gasteiger charge is 2.38. The zero-order valence-corrected chi connectivity index (χ0v) is 11.8. The van der Waals surface area contributed by atoms with Crippen LogP contribution in [0.1, 0.15) is 26.2 Å². The summed E-state index contributed by atoms with van der Waals surface area (Å²) in [5.41, 5.74) is 0. The zero-order chi connectivity index (χ0) is 12.8. The van der Waals surface area contributed by atoms with Crippen LogP contribution in [0.3, 0.4) is 0 Å². The molecule has 1 saturated heterocycles. The van der Waals surface area contributed by atoms with E-state index in [0.29, 0.717) is 23.5 Å². The van der Waals surface area contributed by atoms with Crippen molar-refractivity contribution in [3.63, 3.8) is 0 Å². The first-order valence-corrected chi connectivity index (χ1v) is 8.98. The van der Waals surface area contributed by atoms with Crippen LogP contribution in [0.4, 0.5) is 0 Å². The van der Waals surface area contributed by atoms with Crippen molar-refractivity contribution in [2.24, 2.45) is 23.7 Å². The van der Waals surface area contributed by atoms with Crippen molar-refractivity contribution < 1.29 is 8.42 Å². The van der Waals surface area contributed by atoms with E-state index in [1.165, 1.54) is 12.8 Å². The van der Waals surface area contributed by atoms with Gasteiger partial charge in [-0.1, -0.05) is 12.2 Å². The van der Waals surface area contributed by atoms with E-state index in [1.807, 2.05) is 0 Å². The second-order valence-corrected chi connectivity index (χ2v) is 8.64. The van der Waals surface area contributed by atoms with Crippen molar-refractivity contribution in [2.45, 2.75) is 32.2 Å². The predicted octanol–water partition coefficient (Wildman–Crippen LogP) is 1.61. The maximum Gasteiger partial charge on any atom is 0.150 e. The van der Waals surface area contributed by atoms with E-state index in [0.717, 1.165) is 30.7 Å². The van der Waals surface area contributed by atoms with Gasteiger partial charge < -0.3 is 5.32 Å². The number of fused-ring (bicyclic) bond motifs is 2. The van der Waals surface area contributed by atoms with E-state index in [-0.39, 0.29) is 0 Å². The standard InChI is InChI=1S/C14H23NO2S/c1-10(14-7-11-2-3-13(14)6-11)15-8-12-4-5-18(16,17)9-12/h2-3,10-15H,4-9H2,1H3. The van der Waals surface area contributed by atoms with Crippen LogP contribution in [0.25, 0.3) is 0 Å². The molecule has 4 heteroatoms. The van der Waals surface area contributed by atoms with Gasteiger partial charge in [0.2, 0.25) is 0 Å². The van der Waals surface area contributed by atoms with E-state index in [4.69, 9.17) is 0 Å². The second kappa shape index (κ2) is 4.64. The Morgan fingerprint density at radius 1 is 1.33 bits per heavy atom. The van der Waals surface area contributed by atoms with Crippen molar-refractivity contribution in [1.82, 2.24) is 5.32 Å². The van der Waals surface area contributed by atoms with Crippen molar-refractivity contribution >= 4 is 9.84 Å². The topological polar surface area (TPSA) is 46.2 Å². The molecule has 0 aromatic rings. The second-order valence-electron chi connectivity index (χ2n) is 6.41. The Balaban J connectivity index is 1.48. The Morgan fingerprint density at radius 2 is 2.17 bits per heavy atom. The highest BCUT2D eigenvalue weighted by molar-refractivity contribution is 7.91. The fourth-order valence-electron chi connectivity index (χ4n) is 3.94. The molecule has 5 atom stereocenters. The zero-order valence-electron chi connectivity index (χ0n) is 11.0. The fourth-order valence-corrected chi connectivity index (χ4v) is 5.80.